The second-order valence-electron chi connectivity index (χ2n) is 5.98. The average Bonchev–Trinajstić information content (AvgIpc) is 3.25. The van der Waals surface area contributed by atoms with Gasteiger partial charge in [-0.1, -0.05) is 18.2 Å². The molecule has 4 rings (SSSR count). The van der Waals surface area contributed by atoms with E-state index in [2.05, 4.69) is 27.4 Å². The number of amides is 1. The molecule has 2 aromatic heterocycles. The summed E-state index contributed by atoms with van der Waals surface area (Å²) in [6, 6.07) is 13.8. The van der Waals surface area contributed by atoms with Gasteiger partial charge in [0.05, 0.1) is 12.7 Å². The van der Waals surface area contributed by atoms with Crippen LogP contribution in [0.4, 0.5) is 0 Å². The lowest BCUT2D eigenvalue weighted by molar-refractivity contribution is 0.0956. The molecule has 1 amide bonds. The lowest BCUT2D eigenvalue weighted by atomic mass is 10.1. The first-order chi connectivity index (χ1) is 12.3. The maximum absolute atomic E-state index is 12.5. The van der Waals surface area contributed by atoms with Crippen LogP contribution in [0.2, 0.25) is 0 Å². The molecule has 0 aliphatic rings. The molecule has 0 aliphatic carbocycles. The minimum Gasteiger partial charge on any atom is -0.497 e. The molecule has 5 heteroatoms. The van der Waals surface area contributed by atoms with E-state index < -0.39 is 0 Å². The van der Waals surface area contributed by atoms with E-state index >= 15 is 0 Å². The predicted molar refractivity (Wildman–Crippen MR) is 99.2 cm³/mol. The van der Waals surface area contributed by atoms with Gasteiger partial charge in [-0.3, -0.25) is 4.79 Å². The first-order valence-electron chi connectivity index (χ1n) is 8.24. The van der Waals surface area contributed by atoms with Gasteiger partial charge in [-0.25, -0.2) is 0 Å². The third kappa shape index (κ3) is 2.85. The second kappa shape index (κ2) is 6.36. The summed E-state index contributed by atoms with van der Waals surface area (Å²) in [5.41, 5.74) is 3.87. The zero-order chi connectivity index (χ0) is 17.2. The molecule has 0 bridgehead atoms. The number of aromatic amines is 2. The molecular weight excluding hydrogens is 314 g/mol. The largest absolute Gasteiger partial charge is 0.497 e. The van der Waals surface area contributed by atoms with E-state index in [-0.39, 0.29) is 5.91 Å². The van der Waals surface area contributed by atoms with Crippen LogP contribution < -0.4 is 10.1 Å². The van der Waals surface area contributed by atoms with Crippen molar-refractivity contribution in [1.29, 1.82) is 0 Å². The van der Waals surface area contributed by atoms with Crippen molar-refractivity contribution in [3.05, 3.63) is 66.0 Å². The van der Waals surface area contributed by atoms with Crippen molar-refractivity contribution in [2.45, 2.75) is 6.42 Å². The summed E-state index contributed by atoms with van der Waals surface area (Å²) >= 11 is 0. The summed E-state index contributed by atoms with van der Waals surface area (Å²) in [4.78, 5) is 18.9. The molecule has 0 radical (unpaired) electrons. The second-order valence-corrected chi connectivity index (χ2v) is 5.98. The minimum atomic E-state index is -0.0839. The highest BCUT2D eigenvalue weighted by atomic mass is 16.5. The number of H-pyrrole nitrogens is 2. The Hall–Kier alpha value is -3.21. The van der Waals surface area contributed by atoms with Gasteiger partial charge in [0.15, 0.2) is 0 Å². The lowest BCUT2D eigenvalue weighted by Crippen LogP contribution is -2.25. The van der Waals surface area contributed by atoms with Gasteiger partial charge >= 0.3 is 0 Å². The first-order valence-corrected chi connectivity index (χ1v) is 8.24. The van der Waals surface area contributed by atoms with Crippen LogP contribution in [-0.2, 0) is 6.42 Å². The highest BCUT2D eigenvalue weighted by molar-refractivity contribution is 6.07. The molecule has 0 unspecified atom stereocenters. The van der Waals surface area contributed by atoms with Crippen molar-refractivity contribution in [2.75, 3.05) is 13.7 Å². The predicted octanol–water partition coefficient (Wildman–Crippen LogP) is 3.63. The number of hydrogen-bond acceptors (Lipinski definition) is 2. The van der Waals surface area contributed by atoms with Gasteiger partial charge in [0.2, 0.25) is 0 Å². The van der Waals surface area contributed by atoms with Crippen LogP contribution in [0.25, 0.3) is 21.8 Å². The number of fused-ring (bicyclic) bond motifs is 2. The monoisotopic (exact) mass is 333 g/mol. The highest BCUT2D eigenvalue weighted by Crippen LogP contribution is 2.23. The number of nitrogens with one attached hydrogen (secondary N) is 3. The average molecular weight is 333 g/mol. The van der Waals surface area contributed by atoms with Crippen molar-refractivity contribution in [3.63, 3.8) is 0 Å². The first kappa shape index (κ1) is 15.3. The Balaban J connectivity index is 1.47. The summed E-state index contributed by atoms with van der Waals surface area (Å²) < 4.78 is 5.25. The van der Waals surface area contributed by atoms with Gasteiger partial charge < -0.3 is 20.0 Å². The summed E-state index contributed by atoms with van der Waals surface area (Å²) in [6.07, 6.45) is 4.53. The van der Waals surface area contributed by atoms with Crippen LogP contribution in [0.5, 0.6) is 5.75 Å². The summed E-state index contributed by atoms with van der Waals surface area (Å²) in [5.74, 6) is 0.652. The SMILES string of the molecule is COc1ccc2[nH]cc(C(=O)NCCc3c[nH]c4ccccc34)c2c1. The van der Waals surface area contributed by atoms with E-state index in [0.717, 1.165) is 28.6 Å². The summed E-state index contributed by atoms with van der Waals surface area (Å²) in [7, 11) is 1.62. The van der Waals surface area contributed by atoms with E-state index in [1.54, 1.807) is 13.3 Å². The maximum Gasteiger partial charge on any atom is 0.253 e. The Kier molecular flexibility index (Phi) is 3.90. The Bertz CT molecular complexity index is 1050. The Morgan fingerprint density at radius 2 is 1.84 bits per heavy atom. The molecule has 0 aliphatic heterocycles. The molecule has 2 heterocycles. The van der Waals surface area contributed by atoms with Crippen LogP contribution in [0.15, 0.2) is 54.9 Å². The molecule has 0 fully saturated rings. The fraction of sp³-hybridized carbons (Fsp3) is 0.150. The molecule has 0 spiro atoms. The number of rotatable bonds is 5. The molecule has 3 N–H and O–H groups in total. The smallest absolute Gasteiger partial charge is 0.253 e. The van der Waals surface area contributed by atoms with E-state index in [4.69, 9.17) is 4.74 Å². The van der Waals surface area contributed by atoms with Crippen LogP contribution in [0, 0.1) is 0 Å². The van der Waals surface area contributed by atoms with Gasteiger partial charge in [-0.15, -0.1) is 0 Å². The Morgan fingerprint density at radius 3 is 2.72 bits per heavy atom. The third-order valence-corrected chi connectivity index (χ3v) is 4.49. The van der Waals surface area contributed by atoms with Crippen molar-refractivity contribution < 1.29 is 9.53 Å². The van der Waals surface area contributed by atoms with Crippen LogP contribution in [-0.4, -0.2) is 29.5 Å². The standard InChI is InChI=1S/C20H19N3O2/c1-25-14-6-7-19-16(10-14)17(12-23-19)20(24)21-9-8-13-11-22-18-5-3-2-4-15(13)18/h2-7,10-12,22-23H,8-9H2,1H3,(H,21,24). The van der Waals surface area contributed by atoms with E-state index in [1.807, 2.05) is 36.5 Å². The van der Waals surface area contributed by atoms with Crippen LogP contribution in [0.3, 0.4) is 0 Å². The topological polar surface area (TPSA) is 69.9 Å². The molecular formula is C20H19N3O2. The third-order valence-electron chi connectivity index (χ3n) is 4.49. The zero-order valence-electron chi connectivity index (χ0n) is 13.9. The number of ether oxygens (including phenoxy) is 1. The molecule has 5 nitrogen and oxygen atoms in total. The maximum atomic E-state index is 12.5. The fourth-order valence-electron chi connectivity index (χ4n) is 3.16. The Morgan fingerprint density at radius 1 is 1.04 bits per heavy atom. The number of carbonyl (C=O) groups is 1. The Labute approximate surface area is 145 Å². The number of aromatic nitrogens is 2. The molecule has 0 saturated heterocycles. The number of methoxy groups -OCH3 is 1. The quantitative estimate of drug-likeness (QED) is 0.522. The van der Waals surface area contributed by atoms with Crippen molar-refractivity contribution >= 4 is 27.7 Å². The van der Waals surface area contributed by atoms with Crippen LogP contribution in [0.1, 0.15) is 15.9 Å². The molecule has 0 atom stereocenters. The van der Waals surface area contributed by atoms with Crippen LogP contribution >= 0.6 is 0 Å². The number of benzene rings is 2. The van der Waals surface area contributed by atoms with Gasteiger partial charge in [-0.05, 0) is 36.2 Å². The van der Waals surface area contributed by atoms with Crippen molar-refractivity contribution in [1.82, 2.24) is 15.3 Å². The molecule has 4 aromatic rings. The summed E-state index contributed by atoms with van der Waals surface area (Å²) in [5, 5.41) is 5.07. The molecule has 126 valence electrons. The number of hydrogen-bond donors (Lipinski definition) is 3. The molecule has 25 heavy (non-hydrogen) atoms. The number of para-hydroxylation sites is 1. The zero-order valence-corrected chi connectivity index (χ0v) is 13.9. The minimum absolute atomic E-state index is 0.0839. The van der Waals surface area contributed by atoms with E-state index in [9.17, 15) is 4.79 Å². The van der Waals surface area contributed by atoms with Crippen molar-refractivity contribution in [3.8, 4) is 5.75 Å². The number of carbonyl (C=O) groups excluding carboxylic acids is 1. The van der Waals surface area contributed by atoms with Crippen molar-refractivity contribution in [2.24, 2.45) is 0 Å². The normalized spacial score (nSPS) is 11.1. The van der Waals surface area contributed by atoms with Gasteiger partial charge in [0.25, 0.3) is 5.91 Å². The van der Waals surface area contributed by atoms with E-state index in [1.165, 1.54) is 10.9 Å². The van der Waals surface area contributed by atoms with Gasteiger partial charge in [-0.2, -0.15) is 0 Å². The fourth-order valence-corrected chi connectivity index (χ4v) is 3.16. The van der Waals surface area contributed by atoms with Gasteiger partial charge in [0, 0.05) is 40.7 Å². The lowest BCUT2D eigenvalue weighted by Gasteiger charge is -2.05. The molecule has 0 saturated carbocycles. The molecule has 2 aromatic carbocycles. The highest BCUT2D eigenvalue weighted by Gasteiger charge is 2.12. The van der Waals surface area contributed by atoms with E-state index in [0.29, 0.717) is 12.1 Å². The van der Waals surface area contributed by atoms with Gasteiger partial charge in [0.1, 0.15) is 5.75 Å². The summed E-state index contributed by atoms with van der Waals surface area (Å²) in [6.45, 7) is 0.581.